The Hall–Kier alpha value is -1.07. The summed E-state index contributed by atoms with van der Waals surface area (Å²) in [6.07, 6.45) is 5.68. The molecular weight excluding hydrogens is 260 g/mol. The van der Waals surface area contributed by atoms with Crippen LogP contribution in [0.4, 0.5) is 0 Å². The van der Waals surface area contributed by atoms with Crippen molar-refractivity contribution in [1.29, 1.82) is 0 Å². The van der Waals surface area contributed by atoms with E-state index >= 15 is 0 Å². The van der Waals surface area contributed by atoms with E-state index in [9.17, 15) is 9.90 Å². The summed E-state index contributed by atoms with van der Waals surface area (Å²) < 4.78 is 0. The molecule has 0 bridgehead atoms. The highest BCUT2D eigenvalue weighted by Gasteiger charge is 2.31. The molecule has 0 radical (unpaired) electrons. The minimum absolute atomic E-state index is 0.00306. The van der Waals surface area contributed by atoms with Gasteiger partial charge in [0.1, 0.15) is 0 Å². The summed E-state index contributed by atoms with van der Waals surface area (Å²) in [4.78, 5) is 18.6. The first kappa shape index (κ1) is 14.3. The Morgan fingerprint density at radius 1 is 1.63 bits per heavy atom. The molecule has 1 aromatic rings. The van der Waals surface area contributed by atoms with Crippen molar-refractivity contribution in [2.24, 2.45) is 5.92 Å². The van der Waals surface area contributed by atoms with E-state index in [4.69, 9.17) is 0 Å². The largest absolute Gasteiger partial charge is 0.394 e. The Labute approximate surface area is 118 Å². The zero-order valence-electron chi connectivity index (χ0n) is 11.4. The molecular formula is C14H20N2O2S. The fourth-order valence-corrected chi connectivity index (χ4v) is 3.01. The molecule has 1 aliphatic heterocycles. The van der Waals surface area contributed by atoms with Crippen LogP contribution in [-0.4, -0.2) is 46.3 Å². The second-order valence-corrected chi connectivity index (χ2v) is 5.78. The molecule has 2 atom stereocenters. The average molecular weight is 280 g/mol. The number of aromatic nitrogens is 1. The lowest BCUT2D eigenvalue weighted by atomic mass is 9.91. The predicted octanol–water partition coefficient (Wildman–Crippen LogP) is 2.04. The van der Waals surface area contributed by atoms with Crippen molar-refractivity contribution in [3.05, 3.63) is 23.9 Å². The number of thioether (sulfide) groups is 1. The average Bonchev–Trinajstić information content (AvgIpc) is 2.46. The summed E-state index contributed by atoms with van der Waals surface area (Å²) >= 11 is 1.52. The zero-order chi connectivity index (χ0) is 13.8. The molecule has 0 aromatic carbocycles. The maximum Gasteiger partial charge on any atom is 0.254 e. The third-order valence-corrected chi connectivity index (χ3v) is 4.40. The third-order valence-electron chi connectivity index (χ3n) is 3.75. The molecule has 1 fully saturated rings. The lowest BCUT2D eigenvalue weighted by Crippen LogP contribution is -2.49. The Morgan fingerprint density at radius 3 is 3.11 bits per heavy atom. The number of carbonyl (C=O) groups excluding carboxylic acids is 1. The summed E-state index contributed by atoms with van der Waals surface area (Å²) in [6, 6.07) is 3.50. The number of carbonyl (C=O) groups is 1. The fraction of sp³-hybridized carbons (Fsp3) is 0.571. The van der Waals surface area contributed by atoms with Crippen LogP contribution in [0, 0.1) is 5.92 Å². The number of pyridine rings is 1. The van der Waals surface area contributed by atoms with Gasteiger partial charge >= 0.3 is 0 Å². The van der Waals surface area contributed by atoms with Crippen LogP contribution in [0.25, 0.3) is 0 Å². The van der Waals surface area contributed by atoms with Crippen LogP contribution < -0.4 is 0 Å². The monoisotopic (exact) mass is 280 g/mol. The van der Waals surface area contributed by atoms with Crippen molar-refractivity contribution in [1.82, 2.24) is 9.88 Å². The van der Waals surface area contributed by atoms with Crippen molar-refractivity contribution >= 4 is 17.7 Å². The van der Waals surface area contributed by atoms with E-state index in [1.165, 1.54) is 11.8 Å². The maximum absolute atomic E-state index is 12.6. The summed E-state index contributed by atoms with van der Waals surface area (Å²) in [6.45, 7) is 2.86. The second kappa shape index (κ2) is 6.39. The minimum atomic E-state index is -0.0628. The van der Waals surface area contributed by atoms with E-state index in [-0.39, 0.29) is 18.6 Å². The molecule has 2 rings (SSSR count). The number of likely N-dealkylation sites (tertiary alicyclic amines) is 1. The van der Waals surface area contributed by atoms with Gasteiger partial charge in [0.25, 0.3) is 5.91 Å². The zero-order valence-corrected chi connectivity index (χ0v) is 12.2. The standard InChI is InChI=1S/C14H20N2O2S/c1-10-4-3-7-16(12(10)9-17)14(18)11-5-6-15-13(8-11)19-2/h5-6,8,10,12,17H,3-4,7,9H2,1-2H3. The Morgan fingerprint density at radius 2 is 2.42 bits per heavy atom. The minimum Gasteiger partial charge on any atom is -0.394 e. The van der Waals surface area contributed by atoms with Gasteiger partial charge in [0, 0.05) is 18.3 Å². The SMILES string of the molecule is CSc1cc(C(=O)N2CCCC(C)C2CO)ccn1. The Balaban J connectivity index is 2.21. The molecule has 1 aliphatic rings. The van der Waals surface area contributed by atoms with E-state index < -0.39 is 0 Å². The van der Waals surface area contributed by atoms with Crippen LogP contribution in [0.2, 0.25) is 0 Å². The van der Waals surface area contributed by atoms with Crippen molar-refractivity contribution in [3.8, 4) is 0 Å². The molecule has 2 unspecified atom stereocenters. The van der Waals surface area contributed by atoms with Gasteiger partial charge in [-0.15, -0.1) is 11.8 Å². The lowest BCUT2D eigenvalue weighted by Gasteiger charge is -2.39. The van der Waals surface area contributed by atoms with Crippen molar-refractivity contribution in [2.75, 3.05) is 19.4 Å². The van der Waals surface area contributed by atoms with Gasteiger partial charge in [0.15, 0.2) is 0 Å². The van der Waals surface area contributed by atoms with Crippen LogP contribution in [0.3, 0.4) is 0 Å². The number of amides is 1. The van der Waals surface area contributed by atoms with Crippen LogP contribution in [0.1, 0.15) is 30.1 Å². The fourth-order valence-electron chi connectivity index (χ4n) is 2.60. The summed E-state index contributed by atoms with van der Waals surface area (Å²) in [7, 11) is 0. The van der Waals surface area contributed by atoms with Crippen LogP contribution in [0.15, 0.2) is 23.4 Å². The first-order chi connectivity index (χ1) is 9.17. The summed E-state index contributed by atoms with van der Waals surface area (Å²) in [5.74, 6) is 0.354. The summed E-state index contributed by atoms with van der Waals surface area (Å²) in [5, 5.41) is 10.4. The Bertz CT molecular complexity index is 453. The lowest BCUT2D eigenvalue weighted by molar-refractivity contribution is 0.0358. The molecule has 19 heavy (non-hydrogen) atoms. The van der Waals surface area contributed by atoms with Crippen LogP contribution in [0.5, 0.6) is 0 Å². The van der Waals surface area contributed by atoms with Crippen molar-refractivity contribution in [3.63, 3.8) is 0 Å². The van der Waals surface area contributed by atoms with Crippen LogP contribution >= 0.6 is 11.8 Å². The van der Waals surface area contributed by atoms with E-state index in [1.807, 2.05) is 17.2 Å². The molecule has 0 aliphatic carbocycles. The van der Waals surface area contributed by atoms with Crippen LogP contribution in [-0.2, 0) is 0 Å². The third kappa shape index (κ3) is 3.09. The highest BCUT2D eigenvalue weighted by Crippen LogP contribution is 2.25. The maximum atomic E-state index is 12.6. The van der Waals surface area contributed by atoms with Gasteiger partial charge in [0.05, 0.1) is 17.7 Å². The van der Waals surface area contributed by atoms with Gasteiger partial charge in [-0.25, -0.2) is 4.98 Å². The van der Waals surface area contributed by atoms with Gasteiger partial charge in [-0.05, 0) is 37.1 Å². The van der Waals surface area contributed by atoms with Gasteiger partial charge < -0.3 is 10.0 Å². The normalized spacial score (nSPS) is 23.4. The molecule has 1 saturated heterocycles. The number of aliphatic hydroxyl groups excluding tert-OH is 1. The van der Waals surface area contributed by atoms with E-state index in [2.05, 4.69) is 11.9 Å². The molecule has 1 amide bonds. The highest BCUT2D eigenvalue weighted by atomic mass is 32.2. The quantitative estimate of drug-likeness (QED) is 0.861. The van der Waals surface area contributed by atoms with E-state index in [0.29, 0.717) is 11.5 Å². The van der Waals surface area contributed by atoms with Gasteiger partial charge in [-0.3, -0.25) is 4.79 Å². The molecule has 104 valence electrons. The topological polar surface area (TPSA) is 53.4 Å². The van der Waals surface area contributed by atoms with Crippen molar-refractivity contribution in [2.45, 2.75) is 30.8 Å². The van der Waals surface area contributed by atoms with Gasteiger partial charge in [-0.1, -0.05) is 6.92 Å². The molecule has 5 heteroatoms. The highest BCUT2D eigenvalue weighted by molar-refractivity contribution is 7.98. The number of nitrogens with zero attached hydrogens (tertiary/aromatic N) is 2. The first-order valence-electron chi connectivity index (χ1n) is 6.59. The molecule has 0 spiro atoms. The predicted molar refractivity (Wildman–Crippen MR) is 76.3 cm³/mol. The number of hydrogen-bond donors (Lipinski definition) is 1. The van der Waals surface area contributed by atoms with Crippen molar-refractivity contribution < 1.29 is 9.90 Å². The summed E-state index contributed by atoms with van der Waals surface area (Å²) in [5.41, 5.74) is 0.659. The number of piperidine rings is 1. The molecule has 1 aromatic heterocycles. The molecule has 4 nitrogen and oxygen atoms in total. The van der Waals surface area contributed by atoms with E-state index in [0.717, 1.165) is 24.4 Å². The van der Waals surface area contributed by atoms with E-state index in [1.54, 1.807) is 12.3 Å². The van der Waals surface area contributed by atoms with Gasteiger partial charge in [0.2, 0.25) is 0 Å². The van der Waals surface area contributed by atoms with Gasteiger partial charge in [-0.2, -0.15) is 0 Å². The molecule has 0 saturated carbocycles. The second-order valence-electron chi connectivity index (χ2n) is 4.95. The smallest absolute Gasteiger partial charge is 0.254 e. The molecule has 2 heterocycles. The number of rotatable bonds is 3. The first-order valence-corrected chi connectivity index (χ1v) is 7.81. The molecule has 1 N–H and O–H groups in total. The number of hydrogen-bond acceptors (Lipinski definition) is 4. The Kier molecular flexibility index (Phi) is 4.82. The number of aliphatic hydroxyl groups is 1.